The van der Waals surface area contributed by atoms with Crippen LogP contribution < -0.4 is 10.0 Å². The average Bonchev–Trinajstić information content (AvgIpc) is 2.37. The second kappa shape index (κ2) is 6.53. The Morgan fingerprint density at radius 2 is 1.89 bits per heavy atom. The van der Waals surface area contributed by atoms with Gasteiger partial charge in [-0.15, -0.1) is 0 Å². The Bertz CT molecular complexity index is 525. The van der Waals surface area contributed by atoms with E-state index in [1.54, 1.807) is 19.1 Å². The number of carbonyl (C=O) groups is 1. The topological polar surface area (TPSA) is 84.5 Å². The van der Waals surface area contributed by atoms with E-state index in [1.807, 2.05) is 6.92 Å². The quantitative estimate of drug-likeness (QED) is 0.846. The summed E-state index contributed by atoms with van der Waals surface area (Å²) in [7, 11) is -2.14. The van der Waals surface area contributed by atoms with E-state index in [2.05, 4.69) is 10.0 Å². The lowest BCUT2D eigenvalue weighted by molar-refractivity contribution is 0.111. The summed E-state index contributed by atoms with van der Waals surface area (Å²) in [5, 5.41) is 2.29. The number of sulfonamides is 1. The zero-order valence-corrected chi connectivity index (χ0v) is 12.0. The normalized spacial score (nSPS) is 12.8. The zero-order valence-electron chi connectivity index (χ0n) is 11.1. The maximum absolute atomic E-state index is 11.9. The molecule has 1 atom stereocenters. The van der Waals surface area contributed by atoms with Crippen molar-refractivity contribution >= 4 is 16.1 Å². The third-order valence-electron chi connectivity index (χ3n) is 2.40. The van der Waals surface area contributed by atoms with E-state index >= 15 is 0 Å². The number of nitrogens with one attached hydrogen (secondary N) is 2. The molecule has 0 heterocycles. The van der Waals surface area contributed by atoms with Crippen molar-refractivity contribution in [1.29, 1.82) is 0 Å². The van der Waals surface area contributed by atoms with Crippen molar-refractivity contribution in [3.8, 4) is 0 Å². The Kier molecular flexibility index (Phi) is 5.31. The molecule has 106 valence electrons. The minimum absolute atomic E-state index is 0.0175. The fraction of sp³-hybridized carbons (Fsp3) is 0.417. The van der Waals surface area contributed by atoms with E-state index in [1.165, 1.54) is 19.2 Å². The summed E-state index contributed by atoms with van der Waals surface area (Å²) in [4.78, 5) is 11.1. The first kappa shape index (κ1) is 15.5. The van der Waals surface area contributed by atoms with Crippen LogP contribution in [0.1, 0.15) is 12.5 Å². The second-order valence-electron chi connectivity index (χ2n) is 4.13. The SMILES string of the molecule is CNC(=O)O[C@H](C)CNS(=O)(=O)c1ccc(C)cc1. The molecule has 7 heteroatoms. The number of carbonyl (C=O) groups excluding carboxylic acids is 1. The summed E-state index contributed by atoms with van der Waals surface area (Å²) in [5.41, 5.74) is 0.982. The van der Waals surface area contributed by atoms with Crippen LogP contribution in [0.4, 0.5) is 4.79 Å². The Hall–Kier alpha value is -1.60. The summed E-state index contributed by atoms with van der Waals surface area (Å²) in [6.07, 6.45) is -1.15. The highest BCUT2D eigenvalue weighted by molar-refractivity contribution is 7.89. The molecule has 0 aromatic heterocycles. The molecule has 1 aromatic rings. The van der Waals surface area contributed by atoms with Crippen LogP contribution in [0.15, 0.2) is 29.2 Å². The highest BCUT2D eigenvalue weighted by Gasteiger charge is 2.16. The molecule has 0 bridgehead atoms. The maximum atomic E-state index is 11.9. The van der Waals surface area contributed by atoms with E-state index in [0.717, 1.165) is 5.56 Å². The molecular weight excluding hydrogens is 268 g/mol. The minimum Gasteiger partial charge on any atom is -0.445 e. The first-order valence-electron chi connectivity index (χ1n) is 5.80. The summed E-state index contributed by atoms with van der Waals surface area (Å²) < 4.78 is 31.1. The average molecular weight is 286 g/mol. The highest BCUT2D eigenvalue weighted by Crippen LogP contribution is 2.09. The number of benzene rings is 1. The molecule has 0 aliphatic heterocycles. The number of ether oxygens (including phenoxy) is 1. The summed E-state index contributed by atoms with van der Waals surface area (Å²) in [6.45, 7) is 3.50. The molecule has 0 aliphatic rings. The third kappa shape index (κ3) is 4.88. The van der Waals surface area contributed by atoms with Gasteiger partial charge in [0.05, 0.1) is 4.90 Å². The lowest BCUT2D eigenvalue weighted by atomic mass is 10.2. The van der Waals surface area contributed by atoms with Crippen molar-refractivity contribution in [3.63, 3.8) is 0 Å². The van der Waals surface area contributed by atoms with Crippen molar-refractivity contribution in [2.45, 2.75) is 24.8 Å². The standard InChI is InChI=1S/C12H18N2O4S/c1-9-4-6-11(7-5-9)19(16,17)14-8-10(2)18-12(15)13-3/h4-7,10,14H,8H2,1-3H3,(H,13,15)/t10-/m1/s1. The van der Waals surface area contributed by atoms with Gasteiger partial charge in [0.25, 0.3) is 0 Å². The fourth-order valence-corrected chi connectivity index (χ4v) is 2.43. The Balaban J connectivity index is 2.61. The van der Waals surface area contributed by atoms with Crippen LogP contribution in [0.3, 0.4) is 0 Å². The van der Waals surface area contributed by atoms with Gasteiger partial charge in [0.1, 0.15) is 6.10 Å². The Morgan fingerprint density at radius 3 is 2.42 bits per heavy atom. The summed E-state index contributed by atoms with van der Waals surface area (Å²) >= 11 is 0. The molecule has 0 saturated carbocycles. The van der Waals surface area contributed by atoms with Gasteiger partial charge in [0.15, 0.2) is 0 Å². The lowest BCUT2D eigenvalue weighted by Gasteiger charge is -2.14. The fourth-order valence-electron chi connectivity index (χ4n) is 1.31. The monoisotopic (exact) mass is 286 g/mol. The van der Waals surface area contributed by atoms with Crippen LogP contribution in [0.5, 0.6) is 0 Å². The third-order valence-corrected chi connectivity index (χ3v) is 3.84. The largest absolute Gasteiger partial charge is 0.445 e. The number of hydrogen-bond donors (Lipinski definition) is 2. The van der Waals surface area contributed by atoms with Crippen molar-refractivity contribution in [1.82, 2.24) is 10.0 Å². The molecule has 1 amide bonds. The molecule has 0 fully saturated rings. The van der Waals surface area contributed by atoms with Gasteiger partial charge in [-0.25, -0.2) is 17.9 Å². The van der Waals surface area contributed by atoms with Crippen LogP contribution in [0.25, 0.3) is 0 Å². The molecule has 6 nitrogen and oxygen atoms in total. The van der Waals surface area contributed by atoms with Gasteiger partial charge in [-0.3, -0.25) is 0 Å². The van der Waals surface area contributed by atoms with Gasteiger partial charge < -0.3 is 10.1 Å². The van der Waals surface area contributed by atoms with Crippen LogP contribution in [0.2, 0.25) is 0 Å². The summed E-state index contributed by atoms with van der Waals surface area (Å²) in [5.74, 6) is 0. The molecule has 1 aromatic carbocycles. The van der Waals surface area contributed by atoms with Gasteiger partial charge in [0, 0.05) is 13.6 Å². The van der Waals surface area contributed by atoms with Crippen molar-refractivity contribution in [2.24, 2.45) is 0 Å². The van der Waals surface area contributed by atoms with Gasteiger partial charge in [-0.05, 0) is 26.0 Å². The van der Waals surface area contributed by atoms with Crippen LogP contribution in [0, 0.1) is 6.92 Å². The number of rotatable bonds is 5. The van der Waals surface area contributed by atoms with Gasteiger partial charge >= 0.3 is 6.09 Å². The molecule has 2 N–H and O–H groups in total. The molecular formula is C12H18N2O4S. The van der Waals surface area contributed by atoms with Crippen molar-refractivity contribution < 1.29 is 17.9 Å². The maximum Gasteiger partial charge on any atom is 0.407 e. The number of alkyl carbamates (subject to hydrolysis) is 1. The van der Waals surface area contributed by atoms with Gasteiger partial charge in [0.2, 0.25) is 10.0 Å². The first-order chi connectivity index (χ1) is 8.85. The molecule has 19 heavy (non-hydrogen) atoms. The van der Waals surface area contributed by atoms with E-state index in [0.29, 0.717) is 0 Å². The van der Waals surface area contributed by atoms with Crippen LogP contribution >= 0.6 is 0 Å². The zero-order chi connectivity index (χ0) is 14.5. The van der Waals surface area contributed by atoms with E-state index in [9.17, 15) is 13.2 Å². The number of amides is 1. The van der Waals surface area contributed by atoms with E-state index in [-0.39, 0.29) is 11.4 Å². The highest BCUT2D eigenvalue weighted by atomic mass is 32.2. The van der Waals surface area contributed by atoms with E-state index in [4.69, 9.17) is 4.74 Å². The smallest absolute Gasteiger partial charge is 0.407 e. The Labute approximate surface area is 113 Å². The van der Waals surface area contributed by atoms with E-state index < -0.39 is 22.2 Å². The Morgan fingerprint density at radius 1 is 1.32 bits per heavy atom. The molecule has 0 unspecified atom stereocenters. The molecule has 0 spiro atoms. The predicted molar refractivity (Wildman–Crippen MR) is 71.4 cm³/mol. The predicted octanol–water partition coefficient (Wildman–Crippen LogP) is 1.02. The van der Waals surface area contributed by atoms with Crippen LogP contribution in [-0.4, -0.2) is 34.2 Å². The van der Waals surface area contributed by atoms with Gasteiger partial charge in [-0.1, -0.05) is 17.7 Å². The molecule has 0 radical (unpaired) electrons. The first-order valence-corrected chi connectivity index (χ1v) is 7.28. The van der Waals surface area contributed by atoms with Crippen LogP contribution in [-0.2, 0) is 14.8 Å². The second-order valence-corrected chi connectivity index (χ2v) is 5.90. The van der Waals surface area contributed by atoms with Crippen molar-refractivity contribution in [2.75, 3.05) is 13.6 Å². The number of hydrogen-bond acceptors (Lipinski definition) is 4. The molecule has 0 aliphatic carbocycles. The van der Waals surface area contributed by atoms with Gasteiger partial charge in [-0.2, -0.15) is 0 Å². The molecule has 1 rings (SSSR count). The lowest BCUT2D eigenvalue weighted by Crippen LogP contribution is -2.35. The van der Waals surface area contributed by atoms with Crippen molar-refractivity contribution in [3.05, 3.63) is 29.8 Å². The number of aryl methyl sites for hydroxylation is 1. The molecule has 0 saturated heterocycles. The summed E-state index contributed by atoms with van der Waals surface area (Å²) in [6, 6.07) is 6.50. The minimum atomic E-state index is -3.58.